The molecule has 0 atom stereocenters. The normalized spacial score (nSPS) is 15.3. The van der Waals surface area contributed by atoms with E-state index in [1.165, 1.54) is 5.56 Å². The average Bonchev–Trinajstić information content (AvgIpc) is 3.02. The van der Waals surface area contributed by atoms with Crippen LogP contribution in [0.4, 0.5) is 5.69 Å². The van der Waals surface area contributed by atoms with E-state index in [2.05, 4.69) is 24.4 Å². The van der Waals surface area contributed by atoms with Gasteiger partial charge in [-0.15, -0.1) is 12.4 Å². The fourth-order valence-corrected chi connectivity index (χ4v) is 3.12. The zero-order valence-corrected chi connectivity index (χ0v) is 15.3. The lowest BCUT2D eigenvalue weighted by atomic mass is 9.98. The predicted octanol–water partition coefficient (Wildman–Crippen LogP) is 4.21. The Kier molecular flexibility index (Phi) is 6.45. The summed E-state index contributed by atoms with van der Waals surface area (Å²) in [5.74, 6) is 0.627. The molecule has 3 N–H and O–H groups in total. The van der Waals surface area contributed by atoms with E-state index < -0.39 is 5.54 Å². The number of hydrogen-bond acceptors (Lipinski definition) is 3. The third kappa shape index (κ3) is 4.97. The zero-order valence-electron chi connectivity index (χ0n) is 14.5. The van der Waals surface area contributed by atoms with E-state index in [9.17, 15) is 4.79 Å². The fraction of sp³-hybridized carbons (Fsp3) is 0.350. The number of halogens is 1. The number of rotatable bonds is 5. The molecule has 0 spiro atoms. The van der Waals surface area contributed by atoms with Gasteiger partial charge in [0, 0.05) is 11.8 Å². The second-order valence-electron chi connectivity index (χ2n) is 6.62. The minimum absolute atomic E-state index is 0. The van der Waals surface area contributed by atoms with Gasteiger partial charge in [-0.1, -0.05) is 48.7 Å². The molecule has 0 saturated heterocycles. The van der Waals surface area contributed by atoms with Crippen molar-refractivity contribution in [2.24, 2.45) is 5.73 Å². The van der Waals surface area contributed by atoms with Crippen LogP contribution in [0.3, 0.4) is 0 Å². The highest BCUT2D eigenvalue weighted by Gasteiger charge is 2.36. The summed E-state index contributed by atoms with van der Waals surface area (Å²) in [5.41, 5.74) is 8.52. The monoisotopic (exact) mass is 360 g/mol. The van der Waals surface area contributed by atoms with Crippen LogP contribution in [0.2, 0.25) is 0 Å². The Balaban J connectivity index is 0.00000225. The first-order chi connectivity index (χ1) is 11.5. The van der Waals surface area contributed by atoms with Gasteiger partial charge < -0.3 is 15.8 Å². The van der Waals surface area contributed by atoms with Crippen LogP contribution < -0.4 is 15.8 Å². The molecule has 2 aromatic rings. The number of benzene rings is 2. The van der Waals surface area contributed by atoms with E-state index in [1.54, 1.807) is 0 Å². The van der Waals surface area contributed by atoms with Crippen molar-refractivity contribution in [2.45, 2.75) is 44.8 Å². The molecule has 1 fully saturated rings. The minimum Gasteiger partial charge on any atom is -0.489 e. The number of nitrogens with two attached hydrogens (primary N) is 1. The fourth-order valence-electron chi connectivity index (χ4n) is 3.12. The van der Waals surface area contributed by atoms with Gasteiger partial charge in [0.25, 0.3) is 0 Å². The number of aryl methyl sites for hydroxylation is 1. The maximum absolute atomic E-state index is 12.4. The van der Waals surface area contributed by atoms with Crippen molar-refractivity contribution in [1.29, 1.82) is 0 Å². The van der Waals surface area contributed by atoms with Crippen molar-refractivity contribution in [2.75, 3.05) is 5.32 Å². The summed E-state index contributed by atoms with van der Waals surface area (Å²) in [6.45, 7) is 2.56. The molecular formula is C20H25ClN2O2. The molecule has 3 rings (SSSR count). The van der Waals surface area contributed by atoms with E-state index in [-0.39, 0.29) is 18.3 Å². The Bertz CT molecular complexity index is 727. The lowest BCUT2D eigenvalue weighted by Crippen LogP contribution is -2.48. The first kappa shape index (κ1) is 19.3. The van der Waals surface area contributed by atoms with E-state index in [4.69, 9.17) is 10.5 Å². The van der Waals surface area contributed by atoms with Crippen LogP contribution in [-0.2, 0) is 11.4 Å². The molecule has 1 amide bonds. The van der Waals surface area contributed by atoms with Crippen molar-refractivity contribution in [3.05, 3.63) is 59.7 Å². The quantitative estimate of drug-likeness (QED) is 0.839. The minimum atomic E-state index is -0.724. The Morgan fingerprint density at radius 3 is 2.60 bits per heavy atom. The lowest BCUT2D eigenvalue weighted by Gasteiger charge is -2.22. The van der Waals surface area contributed by atoms with Crippen molar-refractivity contribution < 1.29 is 9.53 Å². The second-order valence-corrected chi connectivity index (χ2v) is 6.62. The Morgan fingerprint density at radius 1 is 1.16 bits per heavy atom. The van der Waals surface area contributed by atoms with Gasteiger partial charge in [0.2, 0.25) is 5.91 Å². The number of amides is 1. The molecule has 1 saturated carbocycles. The highest BCUT2D eigenvalue weighted by atomic mass is 35.5. The van der Waals surface area contributed by atoms with Crippen LogP contribution in [0, 0.1) is 6.92 Å². The molecule has 0 aliphatic heterocycles. The molecule has 0 aromatic heterocycles. The van der Waals surface area contributed by atoms with Gasteiger partial charge in [-0.3, -0.25) is 4.79 Å². The van der Waals surface area contributed by atoms with Crippen LogP contribution in [0.15, 0.2) is 48.5 Å². The molecule has 5 heteroatoms. The summed E-state index contributed by atoms with van der Waals surface area (Å²) in [6, 6.07) is 15.7. The van der Waals surface area contributed by atoms with Gasteiger partial charge in [-0.05, 0) is 37.5 Å². The molecular weight excluding hydrogens is 336 g/mol. The van der Waals surface area contributed by atoms with Crippen LogP contribution in [0.25, 0.3) is 0 Å². The van der Waals surface area contributed by atoms with Crippen molar-refractivity contribution in [3.63, 3.8) is 0 Å². The van der Waals surface area contributed by atoms with Crippen LogP contribution in [0.1, 0.15) is 36.8 Å². The van der Waals surface area contributed by atoms with Gasteiger partial charge in [-0.25, -0.2) is 0 Å². The van der Waals surface area contributed by atoms with Gasteiger partial charge in [-0.2, -0.15) is 0 Å². The Labute approximate surface area is 155 Å². The third-order valence-electron chi connectivity index (χ3n) is 4.53. The summed E-state index contributed by atoms with van der Waals surface area (Å²) >= 11 is 0. The van der Waals surface area contributed by atoms with Crippen LogP contribution in [-0.4, -0.2) is 11.4 Å². The number of ether oxygens (including phenoxy) is 1. The molecule has 0 bridgehead atoms. The summed E-state index contributed by atoms with van der Waals surface area (Å²) in [5, 5.41) is 2.93. The molecule has 1 aliphatic carbocycles. The van der Waals surface area contributed by atoms with E-state index >= 15 is 0 Å². The van der Waals surface area contributed by atoms with Crippen molar-refractivity contribution >= 4 is 24.0 Å². The Hall–Kier alpha value is -2.04. The van der Waals surface area contributed by atoms with Crippen molar-refractivity contribution in [3.8, 4) is 5.75 Å². The highest BCUT2D eigenvalue weighted by molar-refractivity contribution is 5.98. The van der Waals surface area contributed by atoms with Gasteiger partial charge >= 0.3 is 0 Å². The molecule has 1 aliphatic rings. The molecule has 0 heterocycles. The number of nitrogens with one attached hydrogen (secondary N) is 1. The number of hydrogen-bond donors (Lipinski definition) is 2. The largest absolute Gasteiger partial charge is 0.489 e. The summed E-state index contributed by atoms with van der Waals surface area (Å²) < 4.78 is 5.84. The number of carbonyl (C=O) groups excluding carboxylic acids is 1. The van der Waals surface area contributed by atoms with Crippen LogP contribution >= 0.6 is 12.4 Å². The maximum Gasteiger partial charge on any atom is 0.244 e. The Morgan fingerprint density at radius 2 is 1.88 bits per heavy atom. The first-order valence-corrected chi connectivity index (χ1v) is 8.44. The van der Waals surface area contributed by atoms with Gasteiger partial charge in [0.15, 0.2) is 0 Å². The maximum atomic E-state index is 12.4. The van der Waals surface area contributed by atoms with E-state index in [0.717, 1.165) is 42.7 Å². The second kappa shape index (κ2) is 8.37. The first-order valence-electron chi connectivity index (χ1n) is 8.44. The SMILES string of the molecule is Cc1cccc(COc2cccc(NC(=O)C3(N)CCCC3)c2)c1.Cl. The standard InChI is InChI=1S/C20H24N2O2.ClH/c1-15-6-4-7-16(12-15)14-24-18-9-5-8-17(13-18)22-19(23)20(21)10-2-3-11-20;/h4-9,12-13H,2-3,10-11,14,21H2,1H3,(H,22,23);1H. The summed E-state index contributed by atoms with van der Waals surface area (Å²) in [7, 11) is 0. The van der Waals surface area contributed by atoms with E-state index in [0.29, 0.717) is 6.61 Å². The molecule has 0 unspecified atom stereocenters. The van der Waals surface area contributed by atoms with Crippen LogP contribution in [0.5, 0.6) is 5.75 Å². The lowest BCUT2D eigenvalue weighted by molar-refractivity contribution is -0.121. The van der Waals surface area contributed by atoms with Gasteiger partial charge in [0.1, 0.15) is 12.4 Å². The average molecular weight is 361 g/mol. The summed E-state index contributed by atoms with van der Waals surface area (Å²) in [4.78, 5) is 12.4. The highest BCUT2D eigenvalue weighted by Crippen LogP contribution is 2.29. The molecule has 0 radical (unpaired) electrons. The van der Waals surface area contributed by atoms with Crippen molar-refractivity contribution in [1.82, 2.24) is 0 Å². The smallest absolute Gasteiger partial charge is 0.244 e. The summed E-state index contributed by atoms with van der Waals surface area (Å²) in [6.07, 6.45) is 3.54. The molecule has 4 nitrogen and oxygen atoms in total. The molecule has 134 valence electrons. The number of carbonyl (C=O) groups is 1. The molecule has 25 heavy (non-hydrogen) atoms. The molecule has 2 aromatic carbocycles. The van der Waals surface area contributed by atoms with E-state index in [1.807, 2.05) is 36.4 Å². The number of anilines is 1. The topological polar surface area (TPSA) is 64.3 Å². The third-order valence-corrected chi connectivity index (χ3v) is 4.53. The predicted molar refractivity (Wildman–Crippen MR) is 103 cm³/mol. The van der Waals surface area contributed by atoms with Gasteiger partial charge in [0.05, 0.1) is 5.54 Å². The zero-order chi connectivity index (χ0) is 17.0.